The van der Waals surface area contributed by atoms with Crippen LogP contribution in [0.5, 0.6) is 23.0 Å². The molecule has 3 rings (SSSR count). The number of anilines is 1. The van der Waals surface area contributed by atoms with E-state index >= 15 is 0 Å². The molecule has 0 radical (unpaired) electrons. The Balaban J connectivity index is 1.60. The Hall–Kier alpha value is -3.47. The van der Waals surface area contributed by atoms with E-state index < -0.39 is 6.10 Å². The number of nitrogens with one attached hydrogen (secondary N) is 1. The summed E-state index contributed by atoms with van der Waals surface area (Å²) in [4.78, 5) is 12.6. The molecule has 3 aromatic carbocycles. The maximum Gasteiger partial charge on any atom is 0.265 e. The van der Waals surface area contributed by atoms with E-state index in [0.29, 0.717) is 29.4 Å². The number of benzene rings is 3. The maximum absolute atomic E-state index is 12.6. The third kappa shape index (κ3) is 5.27. The summed E-state index contributed by atoms with van der Waals surface area (Å²) in [5, 5.41) is 2.88. The summed E-state index contributed by atoms with van der Waals surface area (Å²) in [6.07, 6.45) is -0.0644. The normalized spacial score (nSPS) is 11.4. The second-order valence-electron chi connectivity index (χ2n) is 6.12. The molecule has 5 heteroatoms. The average Bonchev–Trinajstić information content (AvgIpc) is 2.74. The highest BCUT2D eigenvalue weighted by molar-refractivity contribution is 5.94. The fraction of sp³-hybridized carbons (Fsp3) is 0.174. The zero-order valence-electron chi connectivity index (χ0n) is 15.9. The molecule has 0 aromatic heterocycles. The monoisotopic (exact) mass is 377 g/mol. The van der Waals surface area contributed by atoms with Gasteiger partial charge in [-0.15, -0.1) is 0 Å². The molecule has 0 saturated carbocycles. The van der Waals surface area contributed by atoms with Gasteiger partial charge in [-0.05, 0) is 55.0 Å². The highest BCUT2D eigenvalue weighted by Crippen LogP contribution is 2.24. The third-order valence-electron chi connectivity index (χ3n) is 4.08. The van der Waals surface area contributed by atoms with E-state index in [1.807, 2.05) is 61.5 Å². The van der Waals surface area contributed by atoms with Crippen molar-refractivity contribution < 1.29 is 19.0 Å². The number of carbonyl (C=O) groups is 1. The van der Waals surface area contributed by atoms with E-state index in [1.54, 1.807) is 31.4 Å². The molecule has 1 atom stereocenters. The summed E-state index contributed by atoms with van der Waals surface area (Å²) >= 11 is 0. The summed E-state index contributed by atoms with van der Waals surface area (Å²) in [7, 11) is 1.59. The van der Waals surface area contributed by atoms with E-state index in [-0.39, 0.29) is 5.91 Å². The van der Waals surface area contributed by atoms with Gasteiger partial charge in [0.1, 0.15) is 23.0 Å². The van der Waals surface area contributed by atoms with Crippen LogP contribution in [0, 0.1) is 0 Å². The average molecular weight is 377 g/mol. The number of methoxy groups -OCH3 is 1. The molecule has 144 valence electrons. The number of hydrogen-bond donors (Lipinski definition) is 1. The molecule has 0 heterocycles. The molecule has 1 N–H and O–H groups in total. The summed E-state index contributed by atoms with van der Waals surface area (Å²) in [6, 6.07) is 24.0. The number of amides is 1. The molecular weight excluding hydrogens is 354 g/mol. The van der Waals surface area contributed by atoms with Crippen LogP contribution in [-0.2, 0) is 4.79 Å². The van der Waals surface area contributed by atoms with Gasteiger partial charge in [0.15, 0.2) is 6.10 Å². The van der Waals surface area contributed by atoms with Gasteiger partial charge < -0.3 is 19.5 Å². The van der Waals surface area contributed by atoms with E-state index in [4.69, 9.17) is 14.2 Å². The van der Waals surface area contributed by atoms with Crippen molar-refractivity contribution in [2.24, 2.45) is 0 Å². The smallest absolute Gasteiger partial charge is 0.265 e. The van der Waals surface area contributed by atoms with Crippen molar-refractivity contribution >= 4 is 11.6 Å². The second-order valence-corrected chi connectivity index (χ2v) is 6.12. The second kappa shape index (κ2) is 9.46. The quantitative estimate of drug-likeness (QED) is 0.580. The minimum Gasteiger partial charge on any atom is -0.497 e. The first-order valence-corrected chi connectivity index (χ1v) is 9.12. The molecule has 0 aliphatic heterocycles. The van der Waals surface area contributed by atoms with Gasteiger partial charge in [0.05, 0.1) is 7.11 Å². The van der Waals surface area contributed by atoms with Crippen LogP contribution in [0.4, 0.5) is 5.69 Å². The van der Waals surface area contributed by atoms with Crippen molar-refractivity contribution in [1.82, 2.24) is 0 Å². The lowest BCUT2D eigenvalue weighted by atomic mass is 10.2. The van der Waals surface area contributed by atoms with Gasteiger partial charge in [-0.25, -0.2) is 0 Å². The van der Waals surface area contributed by atoms with Crippen LogP contribution in [0.3, 0.4) is 0 Å². The number of ether oxygens (including phenoxy) is 3. The SMILES string of the molecule is CC[C@H](Oc1cccc(OC)c1)C(=O)Nc1ccc(Oc2ccccc2)cc1. The maximum atomic E-state index is 12.6. The number of hydrogen-bond acceptors (Lipinski definition) is 4. The molecule has 0 aliphatic rings. The van der Waals surface area contributed by atoms with Gasteiger partial charge in [0.2, 0.25) is 0 Å². The van der Waals surface area contributed by atoms with Crippen LogP contribution in [0.25, 0.3) is 0 Å². The van der Waals surface area contributed by atoms with Crippen LogP contribution < -0.4 is 19.5 Å². The zero-order valence-corrected chi connectivity index (χ0v) is 15.9. The van der Waals surface area contributed by atoms with Crippen LogP contribution in [0.2, 0.25) is 0 Å². The number of carbonyl (C=O) groups excluding carboxylic acids is 1. The molecule has 0 aliphatic carbocycles. The lowest BCUT2D eigenvalue weighted by Gasteiger charge is -2.18. The van der Waals surface area contributed by atoms with Crippen LogP contribution >= 0.6 is 0 Å². The largest absolute Gasteiger partial charge is 0.497 e. The van der Waals surface area contributed by atoms with E-state index in [9.17, 15) is 4.79 Å². The highest BCUT2D eigenvalue weighted by atomic mass is 16.5. The standard InChI is InChI=1S/C23H23NO4/c1-3-22(28-21-11-7-10-20(16-21)26-2)23(25)24-17-12-14-19(15-13-17)27-18-8-5-4-6-9-18/h4-16,22H,3H2,1-2H3,(H,24,25)/t22-/m0/s1. The van der Waals surface area contributed by atoms with Crippen molar-refractivity contribution in [2.75, 3.05) is 12.4 Å². The molecule has 1 amide bonds. The zero-order chi connectivity index (χ0) is 19.8. The lowest BCUT2D eigenvalue weighted by molar-refractivity contribution is -0.122. The van der Waals surface area contributed by atoms with Gasteiger partial charge in [-0.3, -0.25) is 4.79 Å². The van der Waals surface area contributed by atoms with Crippen molar-refractivity contribution in [1.29, 1.82) is 0 Å². The van der Waals surface area contributed by atoms with Gasteiger partial charge in [0.25, 0.3) is 5.91 Å². The topological polar surface area (TPSA) is 56.8 Å². The Morgan fingerprint density at radius 1 is 0.857 bits per heavy atom. The minimum absolute atomic E-state index is 0.206. The van der Waals surface area contributed by atoms with Crippen molar-refractivity contribution in [3.8, 4) is 23.0 Å². The molecule has 0 bridgehead atoms. The summed E-state index contributed by atoms with van der Waals surface area (Å²) in [5.74, 6) is 2.53. The minimum atomic E-state index is -0.604. The Morgan fingerprint density at radius 2 is 1.50 bits per heavy atom. The summed E-state index contributed by atoms with van der Waals surface area (Å²) in [6.45, 7) is 1.90. The molecule has 3 aromatic rings. The predicted octanol–water partition coefficient (Wildman–Crippen LogP) is 5.28. The van der Waals surface area contributed by atoms with E-state index in [0.717, 1.165) is 5.75 Å². The van der Waals surface area contributed by atoms with Crippen LogP contribution in [-0.4, -0.2) is 19.1 Å². The van der Waals surface area contributed by atoms with E-state index in [2.05, 4.69) is 5.32 Å². The van der Waals surface area contributed by atoms with Crippen molar-refractivity contribution in [2.45, 2.75) is 19.4 Å². The number of para-hydroxylation sites is 1. The Morgan fingerprint density at radius 3 is 2.18 bits per heavy atom. The first-order valence-electron chi connectivity index (χ1n) is 9.12. The van der Waals surface area contributed by atoms with Crippen molar-refractivity contribution in [3.63, 3.8) is 0 Å². The van der Waals surface area contributed by atoms with Gasteiger partial charge in [-0.1, -0.05) is 31.2 Å². The molecule has 0 saturated heterocycles. The molecule has 0 unspecified atom stereocenters. The molecule has 5 nitrogen and oxygen atoms in total. The fourth-order valence-corrected chi connectivity index (χ4v) is 2.61. The molecule has 28 heavy (non-hydrogen) atoms. The van der Waals surface area contributed by atoms with Gasteiger partial charge in [-0.2, -0.15) is 0 Å². The predicted molar refractivity (Wildman–Crippen MR) is 109 cm³/mol. The summed E-state index contributed by atoms with van der Waals surface area (Å²) in [5.41, 5.74) is 0.679. The Labute approximate surface area is 164 Å². The molecular formula is C23H23NO4. The van der Waals surface area contributed by atoms with E-state index in [1.165, 1.54) is 0 Å². The van der Waals surface area contributed by atoms with Crippen LogP contribution in [0.1, 0.15) is 13.3 Å². The first-order chi connectivity index (χ1) is 13.7. The third-order valence-corrected chi connectivity index (χ3v) is 4.08. The molecule has 0 spiro atoms. The van der Waals surface area contributed by atoms with Gasteiger partial charge >= 0.3 is 0 Å². The summed E-state index contributed by atoms with van der Waals surface area (Å²) < 4.78 is 16.8. The Bertz CT molecular complexity index is 894. The van der Waals surface area contributed by atoms with Crippen LogP contribution in [0.15, 0.2) is 78.9 Å². The van der Waals surface area contributed by atoms with Crippen molar-refractivity contribution in [3.05, 3.63) is 78.9 Å². The van der Waals surface area contributed by atoms with Gasteiger partial charge in [0, 0.05) is 11.8 Å². The first kappa shape index (κ1) is 19.3. The molecule has 0 fully saturated rings. The highest BCUT2D eigenvalue weighted by Gasteiger charge is 2.19. The fourth-order valence-electron chi connectivity index (χ4n) is 2.61. The lowest BCUT2D eigenvalue weighted by Crippen LogP contribution is -2.32. The number of rotatable bonds is 8. The Kier molecular flexibility index (Phi) is 6.52.